The molecular formula is C17H21NO5S. The summed E-state index contributed by atoms with van der Waals surface area (Å²) in [5.74, 6) is 0.245. The second kappa shape index (κ2) is 7.90. The van der Waals surface area contributed by atoms with E-state index in [-0.39, 0.29) is 24.9 Å². The molecule has 1 aromatic rings. The Morgan fingerprint density at radius 2 is 2.00 bits per heavy atom. The van der Waals surface area contributed by atoms with Gasteiger partial charge in [0.15, 0.2) is 6.10 Å². The second-order valence-electron chi connectivity index (χ2n) is 5.88. The molecule has 0 spiro atoms. The first kappa shape index (κ1) is 17.1. The highest BCUT2D eigenvalue weighted by Crippen LogP contribution is 2.35. The number of nitrogens with zero attached hydrogens (tertiary/aromatic N) is 1. The zero-order chi connectivity index (χ0) is 16.9. The van der Waals surface area contributed by atoms with Crippen molar-refractivity contribution in [1.29, 1.82) is 0 Å². The molecule has 2 heterocycles. The van der Waals surface area contributed by atoms with Gasteiger partial charge in [-0.05, 0) is 25.0 Å². The number of hydrogen-bond donors (Lipinski definition) is 1. The molecule has 0 aliphatic carbocycles. The molecule has 3 rings (SSSR count). The molecule has 0 bridgehead atoms. The van der Waals surface area contributed by atoms with Crippen LogP contribution in [0.1, 0.15) is 19.3 Å². The van der Waals surface area contributed by atoms with Gasteiger partial charge in [0.2, 0.25) is 0 Å². The first-order chi connectivity index (χ1) is 11.6. The summed E-state index contributed by atoms with van der Waals surface area (Å²) in [5, 5.41) is 8.99. The van der Waals surface area contributed by atoms with Gasteiger partial charge in [0.05, 0.1) is 6.42 Å². The van der Waals surface area contributed by atoms with Crippen molar-refractivity contribution in [1.82, 2.24) is 4.90 Å². The van der Waals surface area contributed by atoms with Crippen molar-refractivity contribution in [2.75, 3.05) is 25.5 Å². The fourth-order valence-electron chi connectivity index (χ4n) is 3.01. The summed E-state index contributed by atoms with van der Waals surface area (Å²) in [6, 6.07) is 7.68. The van der Waals surface area contributed by atoms with Crippen molar-refractivity contribution < 1.29 is 24.2 Å². The van der Waals surface area contributed by atoms with Gasteiger partial charge in [-0.25, -0.2) is 0 Å². The van der Waals surface area contributed by atoms with Gasteiger partial charge >= 0.3 is 5.97 Å². The van der Waals surface area contributed by atoms with Crippen LogP contribution in [0.5, 0.6) is 5.75 Å². The highest BCUT2D eigenvalue weighted by molar-refractivity contribution is 7.99. The van der Waals surface area contributed by atoms with Crippen LogP contribution in [0.3, 0.4) is 0 Å². The number of hydrogen-bond acceptors (Lipinski definition) is 5. The van der Waals surface area contributed by atoms with Crippen molar-refractivity contribution in [3.63, 3.8) is 0 Å². The van der Waals surface area contributed by atoms with Crippen molar-refractivity contribution in [2.24, 2.45) is 0 Å². The summed E-state index contributed by atoms with van der Waals surface area (Å²) in [7, 11) is 0. The number of aliphatic carboxylic acids is 1. The Bertz CT molecular complexity index is 602. The largest absolute Gasteiger partial charge is 0.481 e. The third kappa shape index (κ3) is 4.02. The third-order valence-electron chi connectivity index (χ3n) is 4.27. The molecule has 130 valence electrons. The van der Waals surface area contributed by atoms with Crippen LogP contribution in [0.2, 0.25) is 0 Å². The molecule has 0 saturated carbocycles. The van der Waals surface area contributed by atoms with Crippen LogP contribution in [0.15, 0.2) is 29.2 Å². The van der Waals surface area contributed by atoms with E-state index in [9.17, 15) is 9.59 Å². The van der Waals surface area contributed by atoms with Crippen molar-refractivity contribution in [2.45, 2.75) is 36.3 Å². The van der Waals surface area contributed by atoms with E-state index in [0.29, 0.717) is 19.0 Å². The van der Waals surface area contributed by atoms with E-state index in [1.54, 1.807) is 16.7 Å². The maximum atomic E-state index is 13.0. The fourth-order valence-corrected chi connectivity index (χ4v) is 3.99. The SMILES string of the molecule is O=C(O)CCN(C(=O)C1CSc2ccccc2O1)C1CCOCC1. The lowest BCUT2D eigenvalue weighted by Crippen LogP contribution is -2.51. The summed E-state index contributed by atoms with van der Waals surface area (Å²) in [5.41, 5.74) is 0. The minimum Gasteiger partial charge on any atom is -0.481 e. The average molecular weight is 351 g/mol. The van der Waals surface area contributed by atoms with Crippen molar-refractivity contribution in [3.8, 4) is 5.75 Å². The average Bonchev–Trinajstić information content (AvgIpc) is 2.62. The number of fused-ring (bicyclic) bond motifs is 1. The van der Waals surface area contributed by atoms with Crippen LogP contribution in [0.4, 0.5) is 0 Å². The van der Waals surface area contributed by atoms with Gasteiger partial charge in [-0.1, -0.05) is 12.1 Å². The Kier molecular flexibility index (Phi) is 5.63. The number of carboxylic acid groups (broad SMARTS) is 1. The number of amides is 1. The zero-order valence-electron chi connectivity index (χ0n) is 13.3. The number of carboxylic acids is 1. The van der Waals surface area contributed by atoms with E-state index in [0.717, 1.165) is 23.5 Å². The molecular weight excluding hydrogens is 330 g/mol. The second-order valence-corrected chi connectivity index (χ2v) is 6.94. The molecule has 7 heteroatoms. The topological polar surface area (TPSA) is 76.1 Å². The monoisotopic (exact) mass is 351 g/mol. The molecule has 0 aromatic heterocycles. The summed E-state index contributed by atoms with van der Waals surface area (Å²) in [6.45, 7) is 1.42. The molecule has 1 saturated heterocycles. The number of carbonyl (C=O) groups excluding carboxylic acids is 1. The third-order valence-corrected chi connectivity index (χ3v) is 5.38. The number of carbonyl (C=O) groups is 2. The van der Waals surface area contributed by atoms with Crippen LogP contribution in [-0.2, 0) is 14.3 Å². The summed E-state index contributed by atoms with van der Waals surface area (Å²) in [4.78, 5) is 26.6. The van der Waals surface area contributed by atoms with E-state index in [4.69, 9.17) is 14.6 Å². The maximum absolute atomic E-state index is 13.0. The number of benzene rings is 1. The zero-order valence-corrected chi connectivity index (χ0v) is 14.2. The van der Waals surface area contributed by atoms with Crippen molar-refractivity contribution >= 4 is 23.6 Å². The molecule has 1 atom stereocenters. The molecule has 0 radical (unpaired) electrons. The van der Waals surface area contributed by atoms with E-state index >= 15 is 0 Å². The van der Waals surface area contributed by atoms with Gasteiger partial charge in [0.25, 0.3) is 5.91 Å². The number of ether oxygens (including phenoxy) is 2. The van der Waals surface area contributed by atoms with Gasteiger partial charge in [-0.2, -0.15) is 0 Å². The van der Waals surface area contributed by atoms with Gasteiger partial charge in [0, 0.05) is 36.4 Å². The van der Waals surface area contributed by atoms with Crippen molar-refractivity contribution in [3.05, 3.63) is 24.3 Å². The maximum Gasteiger partial charge on any atom is 0.305 e. The molecule has 24 heavy (non-hydrogen) atoms. The first-order valence-electron chi connectivity index (χ1n) is 8.13. The molecule has 1 fully saturated rings. The molecule has 1 amide bonds. The van der Waals surface area contributed by atoms with Crippen LogP contribution in [-0.4, -0.2) is 59.5 Å². The van der Waals surface area contributed by atoms with Crippen LogP contribution in [0.25, 0.3) is 0 Å². The molecule has 6 nitrogen and oxygen atoms in total. The summed E-state index contributed by atoms with van der Waals surface area (Å²) >= 11 is 1.60. The smallest absolute Gasteiger partial charge is 0.305 e. The van der Waals surface area contributed by atoms with Gasteiger partial charge in [-0.15, -0.1) is 11.8 Å². The van der Waals surface area contributed by atoms with Crippen LogP contribution < -0.4 is 4.74 Å². The van der Waals surface area contributed by atoms with Gasteiger partial charge < -0.3 is 19.5 Å². The fraction of sp³-hybridized carbons (Fsp3) is 0.529. The lowest BCUT2D eigenvalue weighted by molar-refractivity contribution is -0.144. The quantitative estimate of drug-likeness (QED) is 0.875. The Morgan fingerprint density at radius 1 is 1.25 bits per heavy atom. The predicted octanol–water partition coefficient (Wildman–Crippen LogP) is 2.02. The summed E-state index contributed by atoms with van der Waals surface area (Å²) < 4.78 is 11.2. The number of para-hydroxylation sites is 1. The van der Waals surface area contributed by atoms with E-state index in [1.165, 1.54) is 0 Å². The van der Waals surface area contributed by atoms with Crippen LogP contribution in [0, 0.1) is 0 Å². The number of rotatable bonds is 5. The lowest BCUT2D eigenvalue weighted by Gasteiger charge is -2.37. The Balaban J connectivity index is 1.71. The lowest BCUT2D eigenvalue weighted by atomic mass is 10.1. The first-order valence-corrected chi connectivity index (χ1v) is 9.12. The van der Waals surface area contributed by atoms with Gasteiger partial charge in [0.1, 0.15) is 5.75 Å². The van der Waals surface area contributed by atoms with Crippen LogP contribution >= 0.6 is 11.8 Å². The Morgan fingerprint density at radius 3 is 2.75 bits per heavy atom. The molecule has 2 aliphatic heterocycles. The highest BCUT2D eigenvalue weighted by Gasteiger charge is 2.34. The molecule has 1 unspecified atom stereocenters. The van der Waals surface area contributed by atoms with E-state index in [2.05, 4.69) is 0 Å². The standard InChI is InChI=1S/C17H21NO5S/c19-16(20)5-8-18(12-6-9-22-10-7-12)17(21)14-11-24-15-4-2-1-3-13(15)23-14/h1-4,12,14H,5-11H2,(H,19,20). The normalized spacial score (nSPS) is 20.8. The highest BCUT2D eigenvalue weighted by atomic mass is 32.2. The summed E-state index contributed by atoms with van der Waals surface area (Å²) in [6.07, 6.45) is 0.852. The van der Waals surface area contributed by atoms with E-state index < -0.39 is 12.1 Å². The molecule has 2 aliphatic rings. The predicted molar refractivity (Wildman–Crippen MR) is 89.4 cm³/mol. The molecule has 1 aromatic carbocycles. The molecule has 1 N–H and O–H groups in total. The van der Waals surface area contributed by atoms with Gasteiger partial charge in [-0.3, -0.25) is 9.59 Å². The van der Waals surface area contributed by atoms with E-state index in [1.807, 2.05) is 24.3 Å². The minimum absolute atomic E-state index is 0.0244. The Labute approximate surface area is 145 Å². The Hall–Kier alpha value is -1.73. The number of thioether (sulfide) groups is 1. The minimum atomic E-state index is -0.899.